The molecule has 90 valence electrons. The third-order valence-corrected chi connectivity index (χ3v) is 2.96. The molecular weight excluding hydrogens is 228 g/mol. The first kappa shape index (κ1) is 11.7. The number of hydrogen-bond acceptors (Lipinski definition) is 2. The highest BCUT2D eigenvalue weighted by atomic mass is 19.2. The topological polar surface area (TPSA) is 37.4 Å². The molecule has 0 radical (unpaired) electrons. The zero-order valence-electron chi connectivity index (χ0n) is 9.41. The van der Waals surface area contributed by atoms with E-state index in [4.69, 9.17) is 0 Å². The predicted molar refractivity (Wildman–Crippen MR) is 58.0 cm³/mol. The summed E-state index contributed by atoms with van der Waals surface area (Å²) < 4.78 is 28.6. The number of carbonyl (C=O) groups is 2. The van der Waals surface area contributed by atoms with Crippen molar-refractivity contribution in [3.05, 3.63) is 29.8 Å². The highest BCUT2D eigenvalue weighted by Crippen LogP contribution is 2.47. The van der Waals surface area contributed by atoms with E-state index < -0.39 is 23.7 Å². The molecule has 0 N–H and O–H groups in total. The van der Waals surface area contributed by atoms with Crippen molar-refractivity contribution in [1.29, 1.82) is 0 Å². The summed E-state index contributed by atoms with van der Waals surface area (Å²) in [6, 6.07) is 5.82. The van der Waals surface area contributed by atoms with Crippen LogP contribution in [0.15, 0.2) is 24.3 Å². The van der Waals surface area contributed by atoms with E-state index >= 15 is 0 Å². The van der Waals surface area contributed by atoms with Gasteiger partial charge in [0.05, 0.1) is 5.69 Å². The van der Waals surface area contributed by atoms with Crippen LogP contribution in [0.5, 0.6) is 0 Å². The summed E-state index contributed by atoms with van der Waals surface area (Å²) in [6.07, 6.45) is -2.30. The average Bonchev–Trinajstić information content (AvgIpc) is 2.50. The SMILES string of the molecule is CC(=O)N1c2ccccc2C(F)(C(C)=O)C1F. The highest BCUT2D eigenvalue weighted by Gasteiger charge is 2.57. The summed E-state index contributed by atoms with van der Waals surface area (Å²) in [6.45, 7) is 2.11. The van der Waals surface area contributed by atoms with Crippen LogP contribution in [0, 0.1) is 0 Å². The van der Waals surface area contributed by atoms with Gasteiger partial charge >= 0.3 is 0 Å². The smallest absolute Gasteiger partial charge is 0.244 e. The second-order valence-electron chi connectivity index (χ2n) is 4.01. The Hall–Kier alpha value is -1.78. The van der Waals surface area contributed by atoms with E-state index in [0.29, 0.717) is 4.90 Å². The van der Waals surface area contributed by atoms with Crippen LogP contribution >= 0.6 is 0 Å². The van der Waals surface area contributed by atoms with Gasteiger partial charge in [0, 0.05) is 12.5 Å². The van der Waals surface area contributed by atoms with Crippen molar-refractivity contribution in [2.24, 2.45) is 0 Å². The molecule has 3 nitrogen and oxygen atoms in total. The number of anilines is 1. The summed E-state index contributed by atoms with van der Waals surface area (Å²) in [4.78, 5) is 23.4. The van der Waals surface area contributed by atoms with Gasteiger partial charge in [-0.2, -0.15) is 0 Å². The minimum absolute atomic E-state index is 0.0878. The monoisotopic (exact) mass is 239 g/mol. The zero-order chi connectivity index (χ0) is 12.8. The Bertz CT molecular complexity index is 503. The summed E-state index contributed by atoms with van der Waals surface area (Å²) in [5.74, 6) is -1.58. The maximum absolute atomic E-state index is 14.5. The largest absolute Gasteiger partial charge is 0.296 e. The highest BCUT2D eigenvalue weighted by molar-refractivity contribution is 6.01. The van der Waals surface area contributed by atoms with E-state index in [1.54, 1.807) is 6.07 Å². The molecule has 2 rings (SSSR count). The molecule has 0 aliphatic carbocycles. The maximum atomic E-state index is 14.5. The van der Waals surface area contributed by atoms with Crippen molar-refractivity contribution in [2.45, 2.75) is 25.8 Å². The molecular formula is C12H11F2NO2. The van der Waals surface area contributed by atoms with Crippen molar-refractivity contribution in [2.75, 3.05) is 4.90 Å². The Kier molecular flexibility index (Phi) is 2.49. The Morgan fingerprint density at radius 2 is 1.88 bits per heavy atom. The molecule has 17 heavy (non-hydrogen) atoms. The van der Waals surface area contributed by atoms with E-state index in [9.17, 15) is 18.4 Å². The van der Waals surface area contributed by atoms with Crippen molar-refractivity contribution in [3.8, 4) is 0 Å². The predicted octanol–water partition coefficient (Wildman–Crippen LogP) is 2.10. The minimum Gasteiger partial charge on any atom is -0.296 e. The van der Waals surface area contributed by atoms with Gasteiger partial charge in [0.2, 0.25) is 17.9 Å². The van der Waals surface area contributed by atoms with E-state index in [1.165, 1.54) is 18.2 Å². The molecule has 0 saturated heterocycles. The molecule has 0 fully saturated rings. The fourth-order valence-electron chi connectivity index (χ4n) is 2.11. The maximum Gasteiger partial charge on any atom is 0.244 e. The number of para-hydroxylation sites is 1. The molecule has 1 amide bonds. The van der Waals surface area contributed by atoms with Gasteiger partial charge in [-0.3, -0.25) is 14.5 Å². The molecule has 2 unspecified atom stereocenters. The van der Waals surface area contributed by atoms with Gasteiger partial charge in [0.25, 0.3) is 0 Å². The number of carbonyl (C=O) groups excluding carboxylic acids is 2. The first-order valence-corrected chi connectivity index (χ1v) is 5.14. The third-order valence-electron chi connectivity index (χ3n) is 2.96. The molecule has 1 aromatic carbocycles. The van der Waals surface area contributed by atoms with Crippen LogP contribution in [0.3, 0.4) is 0 Å². The number of rotatable bonds is 1. The number of nitrogens with zero attached hydrogens (tertiary/aromatic N) is 1. The first-order valence-electron chi connectivity index (χ1n) is 5.14. The number of fused-ring (bicyclic) bond motifs is 1. The standard InChI is InChI=1S/C12H11F2NO2/c1-7(16)12(14)9-5-3-4-6-10(9)15(8(2)17)11(12)13/h3-6,11H,1-2H3. The Labute approximate surface area is 97.0 Å². The lowest BCUT2D eigenvalue weighted by Gasteiger charge is -2.23. The molecule has 1 aliphatic rings. The number of halogens is 2. The number of amides is 1. The molecule has 0 spiro atoms. The molecule has 5 heteroatoms. The molecule has 1 heterocycles. The molecule has 0 bridgehead atoms. The lowest BCUT2D eigenvalue weighted by molar-refractivity contribution is -0.133. The summed E-state index contributed by atoms with van der Waals surface area (Å²) in [5.41, 5.74) is -2.73. The normalized spacial score (nSPS) is 26.8. The van der Waals surface area contributed by atoms with E-state index in [1.807, 2.05) is 0 Å². The Morgan fingerprint density at radius 3 is 2.41 bits per heavy atom. The second-order valence-corrected chi connectivity index (χ2v) is 4.01. The summed E-state index contributed by atoms with van der Waals surface area (Å²) in [5, 5.41) is 0. The molecule has 1 aliphatic heterocycles. The van der Waals surface area contributed by atoms with Crippen LogP contribution in [0.2, 0.25) is 0 Å². The van der Waals surface area contributed by atoms with Crippen LogP contribution in [0.4, 0.5) is 14.5 Å². The summed E-state index contributed by atoms with van der Waals surface area (Å²) >= 11 is 0. The van der Waals surface area contributed by atoms with Crippen LogP contribution in [-0.4, -0.2) is 18.0 Å². The fourth-order valence-corrected chi connectivity index (χ4v) is 2.11. The van der Waals surface area contributed by atoms with E-state index in [2.05, 4.69) is 0 Å². The van der Waals surface area contributed by atoms with Gasteiger partial charge in [0.1, 0.15) is 0 Å². The number of hydrogen-bond donors (Lipinski definition) is 0. The average molecular weight is 239 g/mol. The van der Waals surface area contributed by atoms with Crippen LogP contribution in [0.25, 0.3) is 0 Å². The molecule has 0 saturated carbocycles. The van der Waals surface area contributed by atoms with Crippen molar-refractivity contribution < 1.29 is 18.4 Å². The van der Waals surface area contributed by atoms with Crippen LogP contribution < -0.4 is 4.90 Å². The zero-order valence-corrected chi connectivity index (χ0v) is 9.41. The van der Waals surface area contributed by atoms with Gasteiger partial charge < -0.3 is 0 Å². The minimum atomic E-state index is -2.76. The fraction of sp³-hybridized carbons (Fsp3) is 0.333. The second kappa shape index (κ2) is 3.61. The van der Waals surface area contributed by atoms with Gasteiger partial charge in [-0.25, -0.2) is 8.78 Å². The van der Waals surface area contributed by atoms with Crippen molar-refractivity contribution in [3.63, 3.8) is 0 Å². The number of Topliss-reactive ketones (excluding diaryl/α,β-unsaturated/α-hetero) is 1. The summed E-state index contributed by atoms with van der Waals surface area (Å²) in [7, 11) is 0. The quantitative estimate of drug-likeness (QED) is 0.704. The van der Waals surface area contributed by atoms with Crippen molar-refractivity contribution in [1.82, 2.24) is 0 Å². The Balaban J connectivity index is 2.69. The van der Waals surface area contributed by atoms with Gasteiger partial charge in [0.15, 0.2) is 5.78 Å². The van der Waals surface area contributed by atoms with E-state index in [-0.39, 0.29) is 11.3 Å². The molecule has 1 aromatic rings. The number of alkyl halides is 2. The van der Waals surface area contributed by atoms with Crippen LogP contribution in [0.1, 0.15) is 19.4 Å². The third kappa shape index (κ3) is 1.38. The van der Waals surface area contributed by atoms with Gasteiger partial charge in [-0.05, 0) is 13.0 Å². The van der Waals surface area contributed by atoms with Gasteiger partial charge in [-0.1, -0.05) is 18.2 Å². The lowest BCUT2D eigenvalue weighted by atomic mass is 9.93. The lowest BCUT2D eigenvalue weighted by Crippen LogP contribution is -2.45. The van der Waals surface area contributed by atoms with Gasteiger partial charge in [-0.15, -0.1) is 0 Å². The first-order chi connectivity index (χ1) is 7.90. The van der Waals surface area contributed by atoms with Crippen molar-refractivity contribution >= 4 is 17.4 Å². The number of benzene rings is 1. The molecule has 2 atom stereocenters. The van der Waals surface area contributed by atoms with E-state index in [0.717, 1.165) is 13.8 Å². The number of ketones is 1. The molecule has 0 aromatic heterocycles. The Morgan fingerprint density at radius 1 is 1.29 bits per heavy atom. The van der Waals surface area contributed by atoms with Crippen LogP contribution in [-0.2, 0) is 15.3 Å².